The second-order valence-electron chi connectivity index (χ2n) is 2.73. The molecule has 0 unspecified atom stereocenters. The number of rotatable bonds is 2. The zero-order chi connectivity index (χ0) is 11.6. The topological polar surface area (TPSA) is 79.8 Å². The van der Waals surface area contributed by atoms with Crippen LogP contribution in [0, 0.1) is 28.4 Å². The molecule has 0 N–H and O–H groups in total. The molecular weight excluding hydrogens is 208 g/mol. The Kier molecular flexibility index (Phi) is 2.90. The number of hydrogen-bond donors (Lipinski definition) is 0. The summed E-state index contributed by atoms with van der Waals surface area (Å²) in [5.74, 6) is -0.826. The van der Waals surface area contributed by atoms with Gasteiger partial charge in [-0.15, -0.1) is 0 Å². The van der Waals surface area contributed by atoms with Crippen LogP contribution in [0.1, 0.15) is 23.2 Å². The van der Waals surface area contributed by atoms with E-state index in [1.54, 1.807) is 6.07 Å². The van der Waals surface area contributed by atoms with Gasteiger partial charge < -0.3 is 10.1 Å². The van der Waals surface area contributed by atoms with Crippen LogP contribution in [0.5, 0.6) is 0 Å². The standard InChI is InChI=1S/C8H5F2N3O2/c1-4-2-6(7(9)10)12-8(13(14)15)5(4)3-11/h2,7H,1H3. The molecule has 0 aliphatic heterocycles. The lowest BCUT2D eigenvalue weighted by Gasteiger charge is -2.00. The van der Waals surface area contributed by atoms with Crippen molar-refractivity contribution in [1.29, 1.82) is 5.26 Å². The molecule has 0 amide bonds. The van der Waals surface area contributed by atoms with Gasteiger partial charge in [0.05, 0.1) is 0 Å². The predicted molar refractivity (Wildman–Crippen MR) is 45.3 cm³/mol. The number of hydrogen-bond acceptors (Lipinski definition) is 4. The highest BCUT2D eigenvalue weighted by Gasteiger charge is 2.24. The summed E-state index contributed by atoms with van der Waals surface area (Å²) in [6.45, 7) is 1.35. The molecule has 1 aromatic heterocycles. The first-order chi connectivity index (χ1) is 6.97. The molecule has 0 aromatic carbocycles. The minimum absolute atomic E-state index is 0.120. The molecule has 0 aliphatic rings. The third-order valence-electron chi connectivity index (χ3n) is 1.73. The van der Waals surface area contributed by atoms with E-state index >= 15 is 0 Å². The molecule has 0 fully saturated rings. The lowest BCUT2D eigenvalue weighted by Crippen LogP contribution is -2.02. The van der Waals surface area contributed by atoms with Gasteiger partial charge in [0.2, 0.25) is 5.69 Å². The predicted octanol–water partition coefficient (Wildman–Crippen LogP) is 2.11. The second kappa shape index (κ2) is 3.96. The van der Waals surface area contributed by atoms with Gasteiger partial charge in [-0.1, -0.05) is 0 Å². The Labute approximate surface area is 83.1 Å². The zero-order valence-electron chi connectivity index (χ0n) is 7.57. The molecule has 1 heterocycles. The number of nitrogens with zero attached hydrogens (tertiary/aromatic N) is 3. The molecule has 0 spiro atoms. The van der Waals surface area contributed by atoms with Gasteiger partial charge in [-0.05, 0) is 28.5 Å². The minimum Gasteiger partial charge on any atom is -0.358 e. The third kappa shape index (κ3) is 2.04. The Hall–Kier alpha value is -2.10. The SMILES string of the molecule is Cc1cc(C(F)F)nc([N+](=O)[O-])c1C#N. The number of pyridine rings is 1. The number of aromatic nitrogens is 1. The molecule has 78 valence electrons. The van der Waals surface area contributed by atoms with Crippen molar-refractivity contribution in [1.82, 2.24) is 4.98 Å². The van der Waals surface area contributed by atoms with Crippen molar-refractivity contribution in [3.63, 3.8) is 0 Å². The fourth-order valence-electron chi connectivity index (χ4n) is 1.06. The summed E-state index contributed by atoms with van der Waals surface area (Å²) in [5.41, 5.74) is -0.864. The van der Waals surface area contributed by atoms with Crippen molar-refractivity contribution in [2.75, 3.05) is 0 Å². The Bertz CT molecular complexity index is 454. The van der Waals surface area contributed by atoms with Crippen molar-refractivity contribution < 1.29 is 13.7 Å². The molecule has 5 nitrogen and oxygen atoms in total. The summed E-state index contributed by atoms with van der Waals surface area (Å²) in [7, 11) is 0. The molecule has 15 heavy (non-hydrogen) atoms. The van der Waals surface area contributed by atoms with E-state index in [2.05, 4.69) is 4.98 Å². The van der Waals surface area contributed by atoms with Gasteiger partial charge in [0, 0.05) is 0 Å². The average molecular weight is 213 g/mol. The van der Waals surface area contributed by atoms with E-state index in [4.69, 9.17) is 5.26 Å². The van der Waals surface area contributed by atoms with Gasteiger partial charge >= 0.3 is 12.2 Å². The smallest absolute Gasteiger partial charge is 0.358 e. The van der Waals surface area contributed by atoms with Crippen LogP contribution in [0.2, 0.25) is 0 Å². The molecular formula is C8H5F2N3O2. The third-order valence-corrected chi connectivity index (χ3v) is 1.73. The number of nitro groups is 1. The lowest BCUT2D eigenvalue weighted by molar-refractivity contribution is -0.390. The van der Waals surface area contributed by atoms with Gasteiger partial charge in [-0.2, -0.15) is 5.26 Å². The van der Waals surface area contributed by atoms with Crippen LogP contribution in [-0.2, 0) is 0 Å². The van der Waals surface area contributed by atoms with Crippen LogP contribution in [0.15, 0.2) is 6.07 Å². The molecule has 0 atom stereocenters. The monoisotopic (exact) mass is 213 g/mol. The van der Waals surface area contributed by atoms with E-state index in [1.165, 1.54) is 6.92 Å². The molecule has 7 heteroatoms. The Morgan fingerprint density at radius 1 is 1.67 bits per heavy atom. The van der Waals surface area contributed by atoms with Crippen LogP contribution in [0.3, 0.4) is 0 Å². The normalized spacial score (nSPS) is 10.1. The maximum atomic E-state index is 12.3. The quantitative estimate of drug-likeness (QED) is 0.556. The summed E-state index contributed by atoms with van der Waals surface area (Å²) >= 11 is 0. The molecule has 1 rings (SSSR count). The van der Waals surface area contributed by atoms with Crippen molar-refractivity contribution >= 4 is 5.82 Å². The summed E-state index contributed by atoms with van der Waals surface area (Å²) in [6, 6.07) is 2.53. The first-order valence-corrected chi connectivity index (χ1v) is 3.81. The summed E-state index contributed by atoms with van der Waals surface area (Å²) in [6.07, 6.45) is -2.89. The van der Waals surface area contributed by atoms with Gasteiger partial charge in [0.1, 0.15) is 6.07 Å². The molecule has 0 radical (unpaired) electrons. The van der Waals surface area contributed by atoms with Crippen LogP contribution in [0.4, 0.5) is 14.6 Å². The fraction of sp³-hybridized carbons (Fsp3) is 0.250. The molecule has 0 bridgehead atoms. The Morgan fingerprint density at radius 3 is 2.67 bits per heavy atom. The second-order valence-corrected chi connectivity index (χ2v) is 2.73. The molecule has 1 aromatic rings. The van der Waals surface area contributed by atoms with E-state index in [0.717, 1.165) is 6.07 Å². The zero-order valence-corrected chi connectivity index (χ0v) is 7.57. The first-order valence-electron chi connectivity index (χ1n) is 3.81. The van der Waals surface area contributed by atoms with E-state index < -0.39 is 22.9 Å². The maximum absolute atomic E-state index is 12.3. The van der Waals surface area contributed by atoms with Crippen molar-refractivity contribution in [2.24, 2.45) is 0 Å². The van der Waals surface area contributed by atoms with E-state index in [9.17, 15) is 18.9 Å². The fourth-order valence-corrected chi connectivity index (χ4v) is 1.06. The van der Waals surface area contributed by atoms with Crippen molar-refractivity contribution in [3.8, 4) is 6.07 Å². The highest BCUT2D eigenvalue weighted by molar-refractivity contribution is 5.49. The van der Waals surface area contributed by atoms with Gasteiger partial charge in [0.25, 0.3) is 0 Å². The van der Waals surface area contributed by atoms with E-state index in [-0.39, 0.29) is 11.1 Å². The van der Waals surface area contributed by atoms with Crippen LogP contribution >= 0.6 is 0 Å². The Morgan fingerprint density at radius 2 is 2.27 bits per heavy atom. The molecule has 0 aliphatic carbocycles. The van der Waals surface area contributed by atoms with Crippen molar-refractivity contribution in [2.45, 2.75) is 13.3 Å². The van der Waals surface area contributed by atoms with E-state index in [1.807, 2.05) is 0 Å². The first kappa shape index (κ1) is 11.0. The van der Waals surface area contributed by atoms with Crippen LogP contribution < -0.4 is 0 Å². The largest absolute Gasteiger partial charge is 0.382 e. The summed E-state index contributed by atoms with van der Waals surface area (Å²) in [5, 5.41) is 19.1. The van der Waals surface area contributed by atoms with Crippen molar-refractivity contribution in [3.05, 3.63) is 33.0 Å². The molecule has 0 saturated carbocycles. The molecule has 0 saturated heterocycles. The van der Waals surface area contributed by atoms with Gasteiger partial charge in [-0.25, -0.2) is 8.78 Å². The van der Waals surface area contributed by atoms with E-state index in [0.29, 0.717) is 0 Å². The Balaban J connectivity index is 3.47. The number of halogens is 2. The summed E-state index contributed by atoms with van der Waals surface area (Å²) in [4.78, 5) is 12.6. The highest BCUT2D eigenvalue weighted by atomic mass is 19.3. The van der Waals surface area contributed by atoms with Gasteiger partial charge in [-0.3, -0.25) is 0 Å². The minimum atomic E-state index is -2.89. The number of alkyl halides is 2. The van der Waals surface area contributed by atoms with Crippen LogP contribution in [0.25, 0.3) is 0 Å². The lowest BCUT2D eigenvalue weighted by atomic mass is 10.1. The van der Waals surface area contributed by atoms with Gasteiger partial charge in [0.15, 0.2) is 5.56 Å². The van der Waals surface area contributed by atoms with Crippen LogP contribution in [-0.4, -0.2) is 9.91 Å². The maximum Gasteiger partial charge on any atom is 0.382 e. The summed E-state index contributed by atoms with van der Waals surface area (Å²) < 4.78 is 24.5. The number of nitriles is 1. The number of aryl methyl sites for hydroxylation is 1. The average Bonchev–Trinajstić information content (AvgIpc) is 2.16. The highest BCUT2D eigenvalue weighted by Crippen LogP contribution is 2.25.